The van der Waals surface area contributed by atoms with E-state index in [1.54, 1.807) is 23.0 Å². The van der Waals surface area contributed by atoms with Crippen LogP contribution in [0.2, 0.25) is 0 Å². The normalized spacial score (nSPS) is 10.4. The van der Waals surface area contributed by atoms with Crippen molar-refractivity contribution in [3.63, 3.8) is 0 Å². The van der Waals surface area contributed by atoms with Gasteiger partial charge in [-0.15, -0.1) is 0 Å². The smallest absolute Gasteiger partial charge is 0.224 e. The van der Waals surface area contributed by atoms with Crippen LogP contribution in [0.4, 0.5) is 11.4 Å². The highest BCUT2D eigenvalue weighted by atomic mass is 79.9. The number of para-hydroxylation sites is 2. The van der Waals surface area contributed by atoms with E-state index in [1.807, 2.05) is 18.3 Å². The lowest BCUT2D eigenvalue weighted by Crippen LogP contribution is -2.13. The van der Waals surface area contributed by atoms with Crippen molar-refractivity contribution in [2.75, 3.05) is 11.1 Å². The van der Waals surface area contributed by atoms with Crippen molar-refractivity contribution < 1.29 is 4.79 Å². The van der Waals surface area contributed by atoms with Gasteiger partial charge >= 0.3 is 0 Å². The topological polar surface area (TPSA) is 72.9 Å². The molecule has 100 valence electrons. The number of carbonyl (C=O) groups excluding carboxylic acids is 1. The van der Waals surface area contributed by atoms with Gasteiger partial charge in [-0.05, 0) is 34.5 Å². The molecule has 19 heavy (non-hydrogen) atoms. The van der Waals surface area contributed by atoms with Crippen molar-refractivity contribution in [2.45, 2.75) is 19.4 Å². The number of aryl methyl sites for hydroxylation is 1. The SMILES string of the molecule is Nc1ccccc1NC(=O)CCCn1cc(Br)cn1. The van der Waals surface area contributed by atoms with Gasteiger partial charge in [-0.25, -0.2) is 0 Å². The molecule has 0 saturated heterocycles. The number of hydrogen-bond donors (Lipinski definition) is 2. The second kappa shape index (κ2) is 6.38. The zero-order valence-corrected chi connectivity index (χ0v) is 11.9. The number of nitrogens with two attached hydrogens (primary N) is 1. The third kappa shape index (κ3) is 4.10. The van der Waals surface area contributed by atoms with Crippen LogP contribution in [0.15, 0.2) is 41.1 Å². The van der Waals surface area contributed by atoms with Gasteiger partial charge in [0.1, 0.15) is 0 Å². The third-order valence-corrected chi connectivity index (χ3v) is 3.04. The predicted octanol–water partition coefficient (Wildman–Crippen LogP) is 2.65. The predicted molar refractivity (Wildman–Crippen MR) is 78.6 cm³/mol. The average molecular weight is 323 g/mol. The number of carbonyl (C=O) groups is 1. The fraction of sp³-hybridized carbons (Fsp3) is 0.231. The first kappa shape index (κ1) is 13.6. The van der Waals surface area contributed by atoms with Crippen LogP contribution in [0.1, 0.15) is 12.8 Å². The lowest BCUT2D eigenvalue weighted by molar-refractivity contribution is -0.116. The minimum absolute atomic E-state index is 0.0379. The second-order valence-corrected chi connectivity index (χ2v) is 5.08. The number of anilines is 2. The molecule has 0 bridgehead atoms. The number of benzene rings is 1. The van der Waals surface area contributed by atoms with Gasteiger partial charge in [0, 0.05) is 19.2 Å². The van der Waals surface area contributed by atoms with Crippen LogP contribution in [0.3, 0.4) is 0 Å². The molecule has 1 amide bonds. The molecule has 0 aliphatic heterocycles. The van der Waals surface area contributed by atoms with Gasteiger partial charge in [0.15, 0.2) is 0 Å². The number of aromatic nitrogens is 2. The van der Waals surface area contributed by atoms with E-state index in [-0.39, 0.29) is 5.91 Å². The van der Waals surface area contributed by atoms with E-state index in [2.05, 4.69) is 26.3 Å². The molecule has 1 heterocycles. The number of nitrogens with one attached hydrogen (secondary N) is 1. The highest BCUT2D eigenvalue weighted by Crippen LogP contribution is 2.17. The van der Waals surface area contributed by atoms with Crippen LogP contribution in [0.25, 0.3) is 0 Å². The van der Waals surface area contributed by atoms with Gasteiger partial charge in [-0.1, -0.05) is 12.1 Å². The highest BCUT2D eigenvalue weighted by Gasteiger charge is 2.05. The summed E-state index contributed by atoms with van der Waals surface area (Å²) in [7, 11) is 0. The Morgan fingerprint density at radius 1 is 1.42 bits per heavy atom. The third-order valence-electron chi connectivity index (χ3n) is 2.63. The van der Waals surface area contributed by atoms with Crippen molar-refractivity contribution in [3.05, 3.63) is 41.1 Å². The van der Waals surface area contributed by atoms with Crippen molar-refractivity contribution in [2.24, 2.45) is 0 Å². The van der Waals surface area contributed by atoms with Crippen molar-refractivity contribution >= 4 is 33.2 Å². The number of nitrogen functional groups attached to an aromatic ring is 1. The highest BCUT2D eigenvalue weighted by molar-refractivity contribution is 9.10. The molecular formula is C13H15BrN4O. The summed E-state index contributed by atoms with van der Waals surface area (Å²) in [5, 5.41) is 6.93. The van der Waals surface area contributed by atoms with E-state index < -0.39 is 0 Å². The fourth-order valence-electron chi connectivity index (χ4n) is 1.69. The summed E-state index contributed by atoms with van der Waals surface area (Å²) < 4.78 is 2.74. The molecule has 2 aromatic rings. The lowest BCUT2D eigenvalue weighted by atomic mass is 10.2. The van der Waals surface area contributed by atoms with Crippen LogP contribution < -0.4 is 11.1 Å². The summed E-state index contributed by atoms with van der Waals surface area (Å²) in [6.07, 6.45) is 4.77. The molecular weight excluding hydrogens is 308 g/mol. The Morgan fingerprint density at radius 2 is 2.21 bits per heavy atom. The molecule has 1 aromatic carbocycles. The summed E-state index contributed by atoms with van der Waals surface area (Å²) in [6, 6.07) is 7.22. The van der Waals surface area contributed by atoms with Crippen LogP contribution in [0.5, 0.6) is 0 Å². The van der Waals surface area contributed by atoms with Gasteiger partial charge < -0.3 is 11.1 Å². The summed E-state index contributed by atoms with van der Waals surface area (Å²) in [5.74, 6) is -0.0379. The number of rotatable bonds is 5. The van der Waals surface area contributed by atoms with Gasteiger partial charge in [-0.2, -0.15) is 5.10 Å². The Balaban J connectivity index is 1.77. The van der Waals surface area contributed by atoms with Crippen molar-refractivity contribution in [1.82, 2.24) is 9.78 Å². The van der Waals surface area contributed by atoms with Crippen molar-refractivity contribution in [3.8, 4) is 0 Å². The van der Waals surface area contributed by atoms with Gasteiger partial charge in [0.25, 0.3) is 0 Å². The van der Waals surface area contributed by atoms with Crippen LogP contribution in [0, 0.1) is 0 Å². The first-order chi connectivity index (χ1) is 9.15. The first-order valence-electron chi connectivity index (χ1n) is 5.97. The zero-order valence-electron chi connectivity index (χ0n) is 10.3. The molecule has 0 spiro atoms. The van der Waals surface area contributed by atoms with E-state index in [1.165, 1.54) is 0 Å². The lowest BCUT2D eigenvalue weighted by Gasteiger charge is -2.07. The minimum atomic E-state index is -0.0379. The van der Waals surface area contributed by atoms with E-state index in [0.29, 0.717) is 24.3 Å². The Hall–Kier alpha value is -1.82. The molecule has 5 nitrogen and oxygen atoms in total. The van der Waals surface area contributed by atoms with Gasteiger partial charge in [0.05, 0.1) is 22.0 Å². The maximum absolute atomic E-state index is 11.8. The molecule has 0 fully saturated rings. The number of halogens is 1. The Labute approximate surface area is 119 Å². The van der Waals surface area contributed by atoms with Gasteiger partial charge in [0.2, 0.25) is 5.91 Å². The molecule has 6 heteroatoms. The quantitative estimate of drug-likeness (QED) is 0.831. The summed E-state index contributed by atoms with van der Waals surface area (Å²) in [5.41, 5.74) is 6.99. The molecule has 0 saturated carbocycles. The first-order valence-corrected chi connectivity index (χ1v) is 6.77. The molecule has 1 aromatic heterocycles. The van der Waals surface area contributed by atoms with E-state index in [9.17, 15) is 4.79 Å². The molecule has 0 unspecified atom stereocenters. The summed E-state index contributed by atoms with van der Waals surface area (Å²) >= 11 is 3.33. The Morgan fingerprint density at radius 3 is 2.89 bits per heavy atom. The molecule has 0 radical (unpaired) electrons. The molecule has 2 rings (SSSR count). The molecule has 3 N–H and O–H groups in total. The largest absolute Gasteiger partial charge is 0.397 e. The summed E-state index contributed by atoms with van der Waals surface area (Å²) in [6.45, 7) is 0.712. The monoisotopic (exact) mass is 322 g/mol. The number of nitrogens with zero attached hydrogens (tertiary/aromatic N) is 2. The molecule has 0 aliphatic rings. The van der Waals surface area contributed by atoms with Crippen molar-refractivity contribution in [1.29, 1.82) is 0 Å². The average Bonchev–Trinajstić information content (AvgIpc) is 2.78. The number of hydrogen-bond acceptors (Lipinski definition) is 3. The second-order valence-electron chi connectivity index (χ2n) is 4.16. The number of amides is 1. The molecule has 0 aliphatic carbocycles. The minimum Gasteiger partial charge on any atom is -0.397 e. The van der Waals surface area contributed by atoms with Gasteiger partial charge in [-0.3, -0.25) is 9.48 Å². The maximum Gasteiger partial charge on any atom is 0.224 e. The Kier molecular flexibility index (Phi) is 4.57. The fourth-order valence-corrected chi connectivity index (χ4v) is 2.01. The van der Waals surface area contributed by atoms with E-state index in [0.717, 1.165) is 10.9 Å². The van der Waals surface area contributed by atoms with Crippen LogP contribution >= 0.6 is 15.9 Å². The summed E-state index contributed by atoms with van der Waals surface area (Å²) in [4.78, 5) is 11.8. The standard InChI is InChI=1S/C13H15BrN4O/c14-10-8-16-18(9-10)7-3-6-13(19)17-12-5-2-1-4-11(12)15/h1-2,4-5,8-9H,3,6-7,15H2,(H,17,19). The zero-order chi connectivity index (χ0) is 13.7. The van der Waals surface area contributed by atoms with Crippen LogP contribution in [-0.4, -0.2) is 15.7 Å². The maximum atomic E-state index is 11.8. The molecule has 0 atom stereocenters. The van der Waals surface area contributed by atoms with E-state index >= 15 is 0 Å². The Bertz CT molecular complexity index is 567. The van der Waals surface area contributed by atoms with Crippen LogP contribution in [-0.2, 0) is 11.3 Å². The van der Waals surface area contributed by atoms with E-state index in [4.69, 9.17) is 5.73 Å².